The van der Waals surface area contributed by atoms with Gasteiger partial charge < -0.3 is 27.6 Å². The molecular formula is C35H36BrF6N2PS. The normalized spacial score (nSPS) is 13.3. The lowest BCUT2D eigenvalue weighted by Gasteiger charge is -2.34. The van der Waals surface area contributed by atoms with Crippen molar-refractivity contribution in [2.24, 2.45) is 5.92 Å². The minimum absolute atomic E-state index is 0. The molecule has 0 aliphatic heterocycles. The van der Waals surface area contributed by atoms with Gasteiger partial charge in [0.2, 0.25) is 0 Å². The van der Waals surface area contributed by atoms with Crippen LogP contribution in [0, 0.1) is 12.8 Å². The van der Waals surface area contributed by atoms with Crippen LogP contribution in [-0.4, -0.2) is 17.3 Å². The summed E-state index contributed by atoms with van der Waals surface area (Å²) in [6, 6.07) is 30.2. The van der Waals surface area contributed by atoms with E-state index in [1.54, 1.807) is 0 Å². The molecule has 0 spiro atoms. The first-order valence-corrected chi connectivity index (χ1v) is 17.2. The Kier molecular flexibility index (Phi) is 12.9. The summed E-state index contributed by atoms with van der Waals surface area (Å²) in [4.78, 5) is 0. The fourth-order valence-electron chi connectivity index (χ4n) is 5.39. The maximum atomic E-state index is 13.5. The average Bonchev–Trinajstić information content (AvgIpc) is 3.00. The van der Waals surface area contributed by atoms with Crippen molar-refractivity contribution < 1.29 is 43.3 Å². The monoisotopic (exact) mass is 740 g/mol. The first kappa shape index (κ1) is 37.5. The largest absolute Gasteiger partial charge is 1.00 e. The van der Waals surface area contributed by atoms with Gasteiger partial charge in [-0.1, -0.05) is 86.5 Å². The number of thiocarbonyl (C=S) groups is 1. The smallest absolute Gasteiger partial charge is 0.416 e. The summed E-state index contributed by atoms with van der Waals surface area (Å²) in [5.41, 5.74) is -0.867. The third-order valence-corrected chi connectivity index (χ3v) is 12.8. The molecule has 2 atom stereocenters. The summed E-state index contributed by atoms with van der Waals surface area (Å²) in [7, 11) is -2.21. The Bertz CT molecular complexity index is 1490. The maximum Gasteiger partial charge on any atom is 0.416 e. The number of benzene rings is 4. The van der Waals surface area contributed by atoms with Crippen molar-refractivity contribution in [3.63, 3.8) is 0 Å². The zero-order valence-corrected chi connectivity index (χ0v) is 28.9. The Hall–Kier alpha value is -2.94. The van der Waals surface area contributed by atoms with Crippen molar-refractivity contribution in [1.82, 2.24) is 5.32 Å². The van der Waals surface area contributed by atoms with Crippen LogP contribution in [0.1, 0.15) is 42.5 Å². The highest BCUT2D eigenvalue weighted by atomic mass is 79.9. The van der Waals surface area contributed by atoms with Gasteiger partial charge in [0.05, 0.1) is 47.4 Å². The van der Waals surface area contributed by atoms with Gasteiger partial charge in [-0.25, -0.2) is 0 Å². The van der Waals surface area contributed by atoms with Crippen LogP contribution in [0.5, 0.6) is 0 Å². The van der Waals surface area contributed by atoms with Crippen LogP contribution in [0.3, 0.4) is 0 Å². The van der Waals surface area contributed by atoms with E-state index in [1.807, 2.05) is 50.2 Å². The van der Waals surface area contributed by atoms with E-state index in [-0.39, 0.29) is 45.8 Å². The fourth-order valence-corrected chi connectivity index (χ4v) is 10.3. The first-order valence-electron chi connectivity index (χ1n) is 14.6. The van der Waals surface area contributed by atoms with Gasteiger partial charge in [0.1, 0.15) is 0 Å². The molecule has 0 aromatic heterocycles. The zero-order valence-electron chi connectivity index (χ0n) is 25.6. The summed E-state index contributed by atoms with van der Waals surface area (Å²) >= 11 is 5.55. The van der Waals surface area contributed by atoms with Crippen LogP contribution in [0.4, 0.5) is 32.0 Å². The summed E-state index contributed by atoms with van der Waals surface area (Å²) < 4.78 is 81.0. The van der Waals surface area contributed by atoms with Crippen LogP contribution in [0.2, 0.25) is 0 Å². The molecule has 4 aromatic carbocycles. The minimum atomic E-state index is -4.96. The summed E-state index contributed by atoms with van der Waals surface area (Å²) in [5.74, 6) is 0.0711. The van der Waals surface area contributed by atoms with Crippen LogP contribution in [0.25, 0.3) is 0 Å². The van der Waals surface area contributed by atoms with Gasteiger partial charge >= 0.3 is 12.4 Å². The molecule has 11 heteroatoms. The summed E-state index contributed by atoms with van der Waals surface area (Å²) in [5, 5.41) is 8.28. The van der Waals surface area contributed by atoms with E-state index < -0.39 is 30.7 Å². The lowest BCUT2D eigenvalue weighted by Crippen LogP contribution is -3.00. The van der Waals surface area contributed by atoms with Crippen molar-refractivity contribution in [1.29, 1.82) is 0 Å². The number of hydrogen-bond donors (Lipinski definition) is 2. The van der Waals surface area contributed by atoms with E-state index >= 15 is 0 Å². The Morgan fingerprint density at radius 2 is 1.24 bits per heavy atom. The first-order chi connectivity index (χ1) is 21.2. The standard InChI is InChI=1S/C35H35F6N2PS.BrH/c1-4-25(3)32(43-33(45)42-29-20-27(34(36,37)38)19-28(21-29)35(39,40)41)23-44(30-11-7-5-8-12-30,31-13-9-6-10-14-31)22-26-17-15-24(2)16-18-26;/h5-21,25,32H,4,22-23H2,1-3H3,(H-,42,43,45);1H/t25-,32+;/m0./s1. The number of halogens is 7. The lowest BCUT2D eigenvalue weighted by molar-refractivity contribution is -0.143. The molecule has 246 valence electrons. The molecular weight excluding hydrogens is 705 g/mol. The third kappa shape index (κ3) is 9.55. The van der Waals surface area contributed by atoms with E-state index in [2.05, 4.69) is 66.1 Å². The number of rotatable bonds is 10. The molecule has 0 aliphatic carbocycles. The number of anilines is 1. The number of alkyl halides is 6. The molecule has 4 aromatic rings. The molecule has 0 fully saturated rings. The molecule has 0 bridgehead atoms. The molecule has 2 nitrogen and oxygen atoms in total. The maximum absolute atomic E-state index is 13.5. The molecule has 46 heavy (non-hydrogen) atoms. The fraction of sp³-hybridized carbons (Fsp3) is 0.286. The van der Waals surface area contributed by atoms with Gasteiger partial charge in [0.25, 0.3) is 0 Å². The van der Waals surface area contributed by atoms with Gasteiger partial charge in [0, 0.05) is 5.69 Å². The highest BCUT2D eigenvalue weighted by molar-refractivity contribution is 7.88. The molecule has 0 heterocycles. The average molecular weight is 742 g/mol. The predicted octanol–water partition coefficient (Wildman–Crippen LogP) is 6.61. The van der Waals surface area contributed by atoms with Crippen LogP contribution in [0.15, 0.2) is 103 Å². The molecule has 0 aliphatic rings. The second-order valence-electron chi connectivity index (χ2n) is 11.4. The number of nitrogens with one attached hydrogen (secondary N) is 2. The SMILES string of the molecule is CC[C@H](C)[C@@H](C[P+](Cc1ccc(C)cc1)(c1ccccc1)c1ccccc1)NC(=S)Nc1cc(C(F)(F)F)cc(C(F)(F)F)c1.[Br-]. The Morgan fingerprint density at radius 3 is 1.67 bits per heavy atom. The summed E-state index contributed by atoms with van der Waals surface area (Å²) in [6.07, 6.45) is -7.73. The molecule has 0 unspecified atom stereocenters. The molecule has 4 rings (SSSR count). The molecule has 2 N–H and O–H groups in total. The molecule has 0 radical (unpaired) electrons. The van der Waals surface area contributed by atoms with Crippen molar-refractivity contribution in [2.75, 3.05) is 11.5 Å². The van der Waals surface area contributed by atoms with Crippen molar-refractivity contribution in [3.8, 4) is 0 Å². The highest BCUT2D eigenvalue weighted by Crippen LogP contribution is 2.60. The van der Waals surface area contributed by atoms with E-state index in [0.717, 1.165) is 18.1 Å². The van der Waals surface area contributed by atoms with Gasteiger partial charge in [-0.3, -0.25) is 0 Å². The topological polar surface area (TPSA) is 24.1 Å². The van der Waals surface area contributed by atoms with Gasteiger partial charge in [-0.2, -0.15) is 26.3 Å². The van der Waals surface area contributed by atoms with E-state index in [9.17, 15) is 26.3 Å². The third-order valence-electron chi connectivity index (χ3n) is 8.08. The quantitative estimate of drug-likeness (QED) is 0.109. The molecule has 0 amide bonds. The van der Waals surface area contributed by atoms with Crippen molar-refractivity contribution in [3.05, 3.63) is 125 Å². The van der Waals surface area contributed by atoms with Gasteiger partial charge in [-0.05, 0) is 73.1 Å². The Labute approximate surface area is 283 Å². The summed E-state index contributed by atoms with van der Waals surface area (Å²) in [6.45, 7) is 6.16. The van der Waals surface area contributed by atoms with Crippen LogP contribution in [-0.2, 0) is 18.5 Å². The zero-order chi connectivity index (χ0) is 32.8. The predicted molar refractivity (Wildman–Crippen MR) is 178 cm³/mol. The van der Waals surface area contributed by atoms with E-state index in [4.69, 9.17) is 12.2 Å². The second kappa shape index (κ2) is 15.8. The molecule has 0 saturated heterocycles. The Morgan fingerprint density at radius 1 is 0.761 bits per heavy atom. The lowest BCUT2D eigenvalue weighted by atomic mass is 10.0. The van der Waals surface area contributed by atoms with Crippen molar-refractivity contribution in [2.45, 2.75) is 51.7 Å². The number of aryl methyl sites for hydroxylation is 1. The Balaban J connectivity index is 0.00000576. The minimum Gasteiger partial charge on any atom is -1.00 e. The van der Waals surface area contributed by atoms with E-state index in [1.165, 1.54) is 16.2 Å². The van der Waals surface area contributed by atoms with Crippen molar-refractivity contribution >= 4 is 40.9 Å². The second-order valence-corrected chi connectivity index (χ2v) is 15.4. The highest BCUT2D eigenvalue weighted by Gasteiger charge is 2.46. The van der Waals surface area contributed by atoms with Crippen LogP contribution >= 0.6 is 19.5 Å². The molecule has 0 saturated carbocycles. The van der Waals surface area contributed by atoms with Gasteiger partial charge in [-0.15, -0.1) is 0 Å². The van der Waals surface area contributed by atoms with E-state index in [0.29, 0.717) is 18.3 Å². The van der Waals surface area contributed by atoms with Crippen LogP contribution < -0.4 is 38.2 Å². The van der Waals surface area contributed by atoms with Gasteiger partial charge in [0.15, 0.2) is 5.11 Å². The number of hydrogen-bond acceptors (Lipinski definition) is 1.